The highest BCUT2D eigenvalue weighted by atomic mass is 15.3. The lowest BCUT2D eigenvalue weighted by Crippen LogP contribution is -2.29. The highest BCUT2D eigenvalue weighted by molar-refractivity contribution is 5.74. The number of nitrogens with two attached hydrogens (primary N) is 1. The number of fused-ring (bicyclic) bond motifs is 1. The van der Waals surface area contributed by atoms with Gasteiger partial charge in [-0.15, -0.1) is 0 Å². The Bertz CT molecular complexity index is 720. The minimum absolute atomic E-state index is 0.00342. The number of aromatic nitrogens is 4. The Balaban J connectivity index is 1.90. The first-order valence-electron chi connectivity index (χ1n) is 6.41. The molecule has 1 atom stereocenters. The molecule has 3 rings (SSSR count). The monoisotopic (exact) mass is 268 g/mol. The molecule has 0 aliphatic carbocycles. The summed E-state index contributed by atoms with van der Waals surface area (Å²) < 4.78 is 1.79. The fraction of sp³-hybridized carbons (Fsp3) is 0.214. The molecule has 0 amide bonds. The first-order chi connectivity index (χ1) is 9.76. The molecular formula is C14H16N6. The topological polar surface area (TPSA) is 81.7 Å². The van der Waals surface area contributed by atoms with E-state index < -0.39 is 0 Å². The van der Waals surface area contributed by atoms with E-state index >= 15 is 0 Å². The largest absolute Gasteiger partial charge is 0.276 e. The lowest BCUT2D eigenvalue weighted by molar-refractivity contribution is 0.542. The van der Waals surface area contributed by atoms with Crippen molar-refractivity contribution in [3.05, 3.63) is 54.1 Å². The molecular weight excluding hydrogens is 252 g/mol. The van der Waals surface area contributed by atoms with Crippen LogP contribution in [0.15, 0.2) is 42.9 Å². The average Bonchev–Trinajstić information content (AvgIpc) is 2.89. The smallest absolute Gasteiger partial charge is 0.0890 e. The van der Waals surface area contributed by atoms with Gasteiger partial charge in [0.15, 0.2) is 0 Å². The van der Waals surface area contributed by atoms with Crippen molar-refractivity contribution in [3.8, 4) is 0 Å². The molecule has 0 saturated carbocycles. The van der Waals surface area contributed by atoms with Crippen molar-refractivity contribution >= 4 is 11.0 Å². The van der Waals surface area contributed by atoms with E-state index in [2.05, 4.69) is 20.5 Å². The van der Waals surface area contributed by atoms with Gasteiger partial charge in [0, 0.05) is 32.1 Å². The van der Waals surface area contributed by atoms with Crippen LogP contribution in [0.4, 0.5) is 0 Å². The summed E-state index contributed by atoms with van der Waals surface area (Å²) in [5.41, 5.74) is 6.66. The predicted molar refractivity (Wildman–Crippen MR) is 76.5 cm³/mol. The minimum atomic E-state index is -0.00342. The quantitative estimate of drug-likeness (QED) is 0.547. The van der Waals surface area contributed by atoms with Gasteiger partial charge in [0.1, 0.15) is 0 Å². The Kier molecular flexibility index (Phi) is 3.41. The van der Waals surface area contributed by atoms with Gasteiger partial charge in [0.05, 0.1) is 22.8 Å². The van der Waals surface area contributed by atoms with Gasteiger partial charge in [0.2, 0.25) is 0 Å². The number of aryl methyl sites for hydroxylation is 1. The van der Waals surface area contributed by atoms with Gasteiger partial charge >= 0.3 is 0 Å². The Hall–Kier alpha value is -2.31. The van der Waals surface area contributed by atoms with Crippen molar-refractivity contribution in [1.29, 1.82) is 0 Å². The molecule has 1 unspecified atom stereocenters. The lowest BCUT2D eigenvalue weighted by Gasteiger charge is -2.15. The zero-order valence-electron chi connectivity index (χ0n) is 11.2. The molecule has 102 valence electrons. The van der Waals surface area contributed by atoms with Crippen LogP contribution >= 0.6 is 0 Å². The molecule has 0 fully saturated rings. The molecule has 0 aliphatic heterocycles. The molecule has 1 aromatic carbocycles. The third kappa shape index (κ3) is 2.52. The van der Waals surface area contributed by atoms with Gasteiger partial charge in [-0.05, 0) is 23.8 Å². The van der Waals surface area contributed by atoms with E-state index in [1.807, 2.05) is 37.5 Å². The molecule has 0 saturated heterocycles. The van der Waals surface area contributed by atoms with Crippen LogP contribution in [-0.4, -0.2) is 19.7 Å². The molecule has 0 spiro atoms. The first kappa shape index (κ1) is 12.7. The van der Waals surface area contributed by atoms with Crippen molar-refractivity contribution in [2.75, 3.05) is 0 Å². The lowest BCUT2D eigenvalue weighted by atomic mass is 10.0. The zero-order valence-corrected chi connectivity index (χ0v) is 11.2. The number of hydrogen-bond donors (Lipinski definition) is 2. The maximum Gasteiger partial charge on any atom is 0.0890 e. The van der Waals surface area contributed by atoms with Crippen LogP contribution in [0.5, 0.6) is 0 Å². The summed E-state index contributed by atoms with van der Waals surface area (Å²) in [6.45, 7) is 0. The van der Waals surface area contributed by atoms with E-state index in [9.17, 15) is 0 Å². The summed E-state index contributed by atoms with van der Waals surface area (Å²) in [7, 11) is 1.90. The zero-order chi connectivity index (χ0) is 13.9. The Morgan fingerprint density at radius 1 is 1.20 bits per heavy atom. The molecule has 2 heterocycles. The van der Waals surface area contributed by atoms with E-state index in [1.54, 1.807) is 17.1 Å². The summed E-state index contributed by atoms with van der Waals surface area (Å²) >= 11 is 0. The van der Waals surface area contributed by atoms with Gasteiger partial charge in [-0.3, -0.25) is 25.9 Å². The summed E-state index contributed by atoms with van der Waals surface area (Å²) in [6.07, 6.45) is 6.03. The maximum absolute atomic E-state index is 5.68. The third-order valence-corrected chi connectivity index (χ3v) is 3.28. The molecule has 3 N–H and O–H groups in total. The molecule has 20 heavy (non-hydrogen) atoms. The standard InChI is InChI=1S/C14H16N6/c1-20-7-4-11(19-20)9-13(18-15)10-2-3-12-14(8-10)17-6-5-16-12/h2-8,13,18H,9,15H2,1H3. The van der Waals surface area contributed by atoms with Crippen LogP contribution in [0.1, 0.15) is 17.3 Å². The van der Waals surface area contributed by atoms with Gasteiger partial charge < -0.3 is 0 Å². The summed E-state index contributed by atoms with van der Waals surface area (Å²) in [5.74, 6) is 5.68. The van der Waals surface area contributed by atoms with Crippen LogP contribution in [0, 0.1) is 0 Å². The number of nitrogens with zero attached hydrogens (tertiary/aromatic N) is 4. The number of rotatable bonds is 4. The van der Waals surface area contributed by atoms with E-state index in [0.29, 0.717) is 0 Å². The number of nitrogens with one attached hydrogen (secondary N) is 1. The Labute approximate surface area is 116 Å². The average molecular weight is 268 g/mol. The molecule has 6 heteroatoms. The van der Waals surface area contributed by atoms with E-state index in [1.165, 1.54) is 0 Å². The van der Waals surface area contributed by atoms with Crippen LogP contribution < -0.4 is 11.3 Å². The normalized spacial score (nSPS) is 12.7. The maximum atomic E-state index is 5.68. The van der Waals surface area contributed by atoms with Gasteiger partial charge in [-0.25, -0.2) is 0 Å². The molecule has 6 nitrogen and oxygen atoms in total. The van der Waals surface area contributed by atoms with E-state index in [0.717, 1.165) is 28.7 Å². The van der Waals surface area contributed by atoms with Crippen molar-refractivity contribution in [2.24, 2.45) is 12.9 Å². The number of hydrazine groups is 1. The fourth-order valence-electron chi connectivity index (χ4n) is 2.25. The third-order valence-electron chi connectivity index (χ3n) is 3.28. The second kappa shape index (κ2) is 5.36. The summed E-state index contributed by atoms with van der Waals surface area (Å²) in [6, 6.07) is 7.97. The van der Waals surface area contributed by atoms with Crippen molar-refractivity contribution in [3.63, 3.8) is 0 Å². The van der Waals surface area contributed by atoms with Gasteiger partial charge in [0.25, 0.3) is 0 Å². The van der Waals surface area contributed by atoms with E-state index in [-0.39, 0.29) is 6.04 Å². The van der Waals surface area contributed by atoms with Gasteiger partial charge in [-0.1, -0.05) is 6.07 Å². The summed E-state index contributed by atoms with van der Waals surface area (Å²) in [4.78, 5) is 8.58. The second-order valence-electron chi connectivity index (χ2n) is 4.71. The number of hydrogen-bond acceptors (Lipinski definition) is 5. The van der Waals surface area contributed by atoms with Crippen LogP contribution in [0.2, 0.25) is 0 Å². The van der Waals surface area contributed by atoms with Gasteiger partial charge in [-0.2, -0.15) is 5.10 Å². The minimum Gasteiger partial charge on any atom is -0.276 e. The Morgan fingerprint density at radius 2 is 2.00 bits per heavy atom. The number of benzene rings is 1. The summed E-state index contributed by atoms with van der Waals surface area (Å²) in [5, 5.41) is 4.38. The van der Waals surface area contributed by atoms with Crippen molar-refractivity contribution in [2.45, 2.75) is 12.5 Å². The van der Waals surface area contributed by atoms with Crippen LogP contribution in [0.3, 0.4) is 0 Å². The fourth-order valence-corrected chi connectivity index (χ4v) is 2.25. The van der Waals surface area contributed by atoms with Crippen molar-refractivity contribution in [1.82, 2.24) is 25.2 Å². The Morgan fingerprint density at radius 3 is 2.70 bits per heavy atom. The molecule has 2 aromatic heterocycles. The highest BCUT2D eigenvalue weighted by Gasteiger charge is 2.13. The van der Waals surface area contributed by atoms with Crippen molar-refractivity contribution < 1.29 is 0 Å². The molecule has 0 bridgehead atoms. The predicted octanol–water partition coefficient (Wildman–Crippen LogP) is 1.11. The van der Waals surface area contributed by atoms with Crippen LogP contribution in [-0.2, 0) is 13.5 Å². The van der Waals surface area contributed by atoms with Crippen LogP contribution in [0.25, 0.3) is 11.0 Å². The SMILES string of the molecule is Cn1ccc(CC(NN)c2ccc3nccnc3c2)n1. The second-order valence-corrected chi connectivity index (χ2v) is 4.71. The molecule has 0 radical (unpaired) electrons. The highest BCUT2D eigenvalue weighted by Crippen LogP contribution is 2.20. The molecule has 0 aliphatic rings. The van der Waals surface area contributed by atoms with E-state index in [4.69, 9.17) is 5.84 Å². The molecule has 3 aromatic rings. The first-order valence-corrected chi connectivity index (χ1v) is 6.41.